The van der Waals surface area contributed by atoms with Gasteiger partial charge in [-0.2, -0.15) is 0 Å². The van der Waals surface area contributed by atoms with Crippen molar-refractivity contribution in [2.24, 2.45) is 5.73 Å². The standard InChI is InChI=1S/C24H21ClFN3O4/c1-33-15-8-13(11-28-12-15)22(23(27)31)29(24(32)17-4-2-3-5-21(17)30)20-7-6-16-18(20)9-14(25)10-19(16)26/h2-5,8-12,20,22,30H,6-7H2,1H3,(H2,27,31)/t20-,22-/m1/s1. The van der Waals surface area contributed by atoms with Crippen LogP contribution in [0.4, 0.5) is 4.39 Å². The fraction of sp³-hybridized carbons (Fsp3) is 0.208. The average molecular weight is 470 g/mol. The number of carbonyl (C=O) groups is 2. The highest BCUT2D eigenvalue weighted by molar-refractivity contribution is 6.30. The number of amides is 2. The topological polar surface area (TPSA) is 106 Å². The van der Waals surface area contributed by atoms with Gasteiger partial charge in [-0.25, -0.2) is 4.39 Å². The Hall–Kier alpha value is -3.65. The molecule has 0 radical (unpaired) electrons. The van der Waals surface area contributed by atoms with Crippen molar-refractivity contribution in [1.82, 2.24) is 9.88 Å². The van der Waals surface area contributed by atoms with Gasteiger partial charge in [0.2, 0.25) is 5.91 Å². The normalized spacial score (nSPS) is 15.5. The van der Waals surface area contributed by atoms with Crippen molar-refractivity contribution in [1.29, 1.82) is 0 Å². The number of phenolic OH excluding ortho intramolecular Hbond substituents is 1. The molecule has 1 aromatic heterocycles. The second kappa shape index (κ2) is 9.07. The van der Waals surface area contributed by atoms with Gasteiger partial charge in [-0.05, 0) is 54.3 Å². The molecule has 0 unspecified atom stereocenters. The minimum Gasteiger partial charge on any atom is -0.507 e. The van der Waals surface area contributed by atoms with Gasteiger partial charge in [-0.15, -0.1) is 0 Å². The predicted octanol–water partition coefficient (Wildman–Crippen LogP) is 3.94. The molecule has 0 fully saturated rings. The number of carbonyl (C=O) groups excluding carboxylic acids is 2. The third kappa shape index (κ3) is 4.21. The quantitative estimate of drug-likeness (QED) is 0.568. The number of rotatable bonds is 6. The molecule has 2 amide bonds. The van der Waals surface area contributed by atoms with Gasteiger partial charge in [0.05, 0.1) is 24.9 Å². The van der Waals surface area contributed by atoms with Crippen LogP contribution in [0, 0.1) is 5.82 Å². The molecule has 33 heavy (non-hydrogen) atoms. The molecule has 2 atom stereocenters. The summed E-state index contributed by atoms with van der Waals surface area (Å²) in [6, 6.07) is 8.37. The molecule has 2 aromatic carbocycles. The van der Waals surface area contributed by atoms with E-state index in [9.17, 15) is 19.1 Å². The maximum Gasteiger partial charge on any atom is 0.259 e. The first-order chi connectivity index (χ1) is 15.8. The number of fused-ring (bicyclic) bond motifs is 1. The maximum absolute atomic E-state index is 14.6. The predicted molar refractivity (Wildman–Crippen MR) is 119 cm³/mol. The summed E-state index contributed by atoms with van der Waals surface area (Å²) in [5.74, 6) is -1.82. The van der Waals surface area contributed by atoms with E-state index in [4.69, 9.17) is 22.1 Å². The molecule has 4 rings (SSSR count). The lowest BCUT2D eigenvalue weighted by molar-refractivity contribution is -0.123. The van der Waals surface area contributed by atoms with Crippen LogP contribution in [0.1, 0.15) is 45.6 Å². The third-order valence-corrected chi connectivity index (χ3v) is 5.98. The number of halogens is 2. The summed E-state index contributed by atoms with van der Waals surface area (Å²) < 4.78 is 19.8. The van der Waals surface area contributed by atoms with Gasteiger partial charge in [0.1, 0.15) is 23.4 Å². The molecule has 0 saturated heterocycles. The summed E-state index contributed by atoms with van der Waals surface area (Å²) in [5, 5.41) is 10.5. The first-order valence-corrected chi connectivity index (χ1v) is 10.6. The van der Waals surface area contributed by atoms with Crippen LogP contribution in [-0.2, 0) is 11.2 Å². The van der Waals surface area contributed by atoms with E-state index >= 15 is 0 Å². The van der Waals surface area contributed by atoms with Crippen LogP contribution in [0.25, 0.3) is 0 Å². The van der Waals surface area contributed by atoms with Crippen LogP contribution in [0.5, 0.6) is 11.5 Å². The van der Waals surface area contributed by atoms with Crippen LogP contribution in [0.2, 0.25) is 5.02 Å². The highest BCUT2D eigenvalue weighted by Gasteiger charge is 2.41. The third-order valence-electron chi connectivity index (χ3n) is 5.76. The van der Waals surface area contributed by atoms with Crippen molar-refractivity contribution in [3.63, 3.8) is 0 Å². The summed E-state index contributed by atoms with van der Waals surface area (Å²) in [6.45, 7) is 0. The lowest BCUT2D eigenvalue weighted by atomic mass is 9.98. The molecule has 3 aromatic rings. The zero-order valence-corrected chi connectivity index (χ0v) is 18.4. The number of aromatic hydroxyl groups is 1. The molecule has 9 heteroatoms. The molecule has 0 aliphatic heterocycles. The van der Waals surface area contributed by atoms with E-state index < -0.39 is 29.7 Å². The van der Waals surface area contributed by atoms with Gasteiger partial charge >= 0.3 is 0 Å². The van der Waals surface area contributed by atoms with E-state index in [1.54, 1.807) is 24.3 Å². The zero-order chi connectivity index (χ0) is 23.7. The number of benzene rings is 2. The van der Waals surface area contributed by atoms with Gasteiger partial charge < -0.3 is 20.5 Å². The fourth-order valence-electron chi connectivity index (χ4n) is 4.30. The molecule has 0 bridgehead atoms. The number of hydrogen-bond acceptors (Lipinski definition) is 5. The van der Waals surface area contributed by atoms with Gasteiger partial charge in [0.25, 0.3) is 5.91 Å². The molecule has 1 aliphatic carbocycles. The van der Waals surface area contributed by atoms with E-state index in [0.717, 1.165) is 0 Å². The van der Waals surface area contributed by atoms with Gasteiger partial charge in [0.15, 0.2) is 0 Å². The van der Waals surface area contributed by atoms with Crippen LogP contribution in [-0.4, -0.2) is 33.9 Å². The summed E-state index contributed by atoms with van der Waals surface area (Å²) in [5.41, 5.74) is 7.02. The molecule has 7 nitrogen and oxygen atoms in total. The fourth-order valence-corrected chi connectivity index (χ4v) is 4.51. The Labute approximate surface area is 194 Å². The van der Waals surface area contributed by atoms with Crippen LogP contribution in [0.3, 0.4) is 0 Å². The molecular weight excluding hydrogens is 449 g/mol. The number of aromatic nitrogens is 1. The number of methoxy groups -OCH3 is 1. The maximum atomic E-state index is 14.6. The second-order valence-corrected chi connectivity index (χ2v) is 8.14. The number of hydrogen-bond donors (Lipinski definition) is 2. The molecular formula is C24H21ClFN3O4. The minimum atomic E-state index is -1.27. The molecule has 0 saturated carbocycles. The number of nitrogens with zero attached hydrogens (tertiary/aromatic N) is 2. The van der Waals surface area contributed by atoms with E-state index in [2.05, 4.69) is 4.98 Å². The summed E-state index contributed by atoms with van der Waals surface area (Å²) in [7, 11) is 1.45. The Morgan fingerprint density at radius 1 is 1.27 bits per heavy atom. The SMILES string of the molecule is COc1cncc([C@H](C(N)=O)N(C(=O)c2ccccc2O)[C@@H]2CCc3c(F)cc(Cl)cc32)c1. The minimum absolute atomic E-state index is 0.0180. The highest BCUT2D eigenvalue weighted by Crippen LogP contribution is 2.43. The monoisotopic (exact) mass is 469 g/mol. The van der Waals surface area contributed by atoms with Gasteiger partial charge in [-0.1, -0.05) is 23.7 Å². The van der Waals surface area contributed by atoms with Crippen LogP contribution >= 0.6 is 11.6 Å². The van der Waals surface area contributed by atoms with Crippen LogP contribution < -0.4 is 10.5 Å². The van der Waals surface area contributed by atoms with Gasteiger partial charge in [0, 0.05) is 16.8 Å². The molecule has 0 spiro atoms. The first kappa shape index (κ1) is 22.5. The number of pyridine rings is 1. The zero-order valence-electron chi connectivity index (χ0n) is 17.7. The van der Waals surface area contributed by atoms with Crippen molar-refractivity contribution in [3.8, 4) is 11.5 Å². The van der Waals surface area contributed by atoms with E-state index in [-0.39, 0.29) is 16.3 Å². The number of phenols is 1. The van der Waals surface area contributed by atoms with Gasteiger partial charge in [-0.3, -0.25) is 14.6 Å². The Bertz CT molecular complexity index is 1240. The Kier molecular flexibility index (Phi) is 6.20. The Morgan fingerprint density at radius 3 is 2.73 bits per heavy atom. The van der Waals surface area contributed by atoms with Crippen molar-refractivity contribution in [2.45, 2.75) is 24.9 Å². The summed E-state index contributed by atoms with van der Waals surface area (Å²) in [4.78, 5) is 31.9. The first-order valence-electron chi connectivity index (χ1n) is 10.2. The largest absolute Gasteiger partial charge is 0.507 e. The lowest BCUT2D eigenvalue weighted by Crippen LogP contribution is -2.43. The summed E-state index contributed by atoms with van der Waals surface area (Å²) >= 11 is 6.12. The van der Waals surface area contributed by atoms with Crippen LogP contribution in [0.15, 0.2) is 54.9 Å². The Balaban J connectivity index is 1.91. The van der Waals surface area contributed by atoms with Crippen molar-refractivity contribution in [2.75, 3.05) is 7.11 Å². The lowest BCUT2D eigenvalue weighted by Gasteiger charge is -2.36. The smallest absolute Gasteiger partial charge is 0.259 e. The number of primary amides is 1. The Morgan fingerprint density at radius 2 is 2.03 bits per heavy atom. The molecule has 1 heterocycles. The van der Waals surface area contributed by atoms with E-state index in [1.807, 2.05) is 0 Å². The van der Waals surface area contributed by atoms with Crippen molar-refractivity contribution < 1.29 is 23.8 Å². The average Bonchev–Trinajstić information content (AvgIpc) is 3.20. The second-order valence-electron chi connectivity index (χ2n) is 7.70. The molecule has 170 valence electrons. The highest BCUT2D eigenvalue weighted by atomic mass is 35.5. The van der Waals surface area contributed by atoms with Crippen molar-refractivity contribution >= 4 is 23.4 Å². The number of para-hydroxylation sites is 1. The molecule has 1 aliphatic rings. The van der Waals surface area contributed by atoms with E-state index in [0.29, 0.717) is 35.3 Å². The molecule has 3 N–H and O–H groups in total. The summed E-state index contributed by atoms with van der Waals surface area (Å²) in [6.07, 6.45) is 3.55. The number of nitrogens with two attached hydrogens (primary N) is 1. The van der Waals surface area contributed by atoms with E-state index in [1.165, 1.54) is 42.6 Å². The van der Waals surface area contributed by atoms with Crippen molar-refractivity contribution in [3.05, 3.63) is 88.0 Å². The number of ether oxygens (including phenoxy) is 1.